The van der Waals surface area contributed by atoms with Crippen molar-refractivity contribution in [2.45, 2.75) is 20.0 Å². The van der Waals surface area contributed by atoms with E-state index in [1.807, 2.05) is 19.1 Å². The van der Waals surface area contributed by atoms with E-state index in [1.54, 1.807) is 37.4 Å². The van der Waals surface area contributed by atoms with E-state index in [9.17, 15) is 18.0 Å². The molecule has 0 spiro atoms. The van der Waals surface area contributed by atoms with E-state index >= 15 is 0 Å². The summed E-state index contributed by atoms with van der Waals surface area (Å²) in [5.74, 6) is -0.103. The molecule has 1 amide bonds. The van der Waals surface area contributed by atoms with Crippen molar-refractivity contribution in [1.29, 1.82) is 0 Å². The second-order valence-electron chi connectivity index (χ2n) is 7.15. The number of benzene rings is 2. The van der Waals surface area contributed by atoms with Gasteiger partial charge in [-0.2, -0.15) is 22.8 Å². The normalized spacial score (nSPS) is 11.4. The van der Waals surface area contributed by atoms with Crippen LogP contribution in [-0.2, 0) is 6.18 Å². The number of amides is 1. The van der Waals surface area contributed by atoms with Crippen LogP contribution < -0.4 is 5.32 Å². The van der Waals surface area contributed by atoms with E-state index in [-0.39, 0.29) is 11.8 Å². The zero-order valence-electron chi connectivity index (χ0n) is 17.2. The minimum absolute atomic E-state index is 0.0677. The molecule has 162 valence electrons. The van der Waals surface area contributed by atoms with Crippen molar-refractivity contribution >= 4 is 11.9 Å². The highest BCUT2D eigenvalue weighted by atomic mass is 19.4. The number of carbonyl (C=O) groups excluding carboxylic acids is 1. The van der Waals surface area contributed by atoms with Gasteiger partial charge in [-0.05, 0) is 61.4 Å². The number of nitrogens with one attached hydrogen (secondary N) is 1. The Bertz CT molecular complexity index is 1280. The fraction of sp³-hybridized carbons (Fsp3) is 0.130. The molecule has 0 aliphatic heterocycles. The van der Waals surface area contributed by atoms with E-state index in [0.29, 0.717) is 16.9 Å². The number of hydrogen-bond donors (Lipinski definition) is 1. The first kappa shape index (κ1) is 21.2. The number of carbonyl (C=O) groups is 1. The molecule has 0 atom stereocenters. The molecule has 0 radical (unpaired) electrons. The molecular weight excluding hydrogens is 419 g/mol. The Morgan fingerprint density at radius 3 is 2.28 bits per heavy atom. The maximum Gasteiger partial charge on any atom is 0.416 e. The Morgan fingerprint density at radius 2 is 1.62 bits per heavy atom. The first-order valence-electron chi connectivity index (χ1n) is 9.67. The highest BCUT2D eigenvalue weighted by Gasteiger charge is 2.30. The lowest BCUT2D eigenvalue weighted by Crippen LogP contribution is -2.17. The number of hydrogen-bond acceptors (Lipinski definition) is 4. The highest BCUT2D eigenvalue weighted by molar-refractivity contribution is 6.04. The molecule has 0 fully saturated rings. The van der Waals surface area contributed by atoms with Crippen LogP contribution in [0.25, 0.3) is 17.2 Å². The molecule has 0 aliphatic carbocycles. The molecule has 2 aromatic heterocycles. The molecule has 6 nitrogen and oxygen atoms in total. The molecule has 4 aromatic rings. The average Bonchev–Trinajstić information content (AvgIpc) is 3.17. The molecular formula is C23H18F3N5O. The Balaban J connectivity index is 1.78. The zero-order chi connectivity index (χ0) is 22.9. The molecule has 32 heavy (non-hydrogen) atoms. The minimum Gasteiger partial charge on any atom is -0.290 e. The average molecular weight is 437 g/mol. The molecule has 2 aromatic carbocycles. The fourth-order valence-corrected chi connectivity index (χ4v) is 3.18. The monoisotopic (exact) mass is 437 g/mol. The lowest BCUT2D eigenvalue weighted by molar-refractivity contribution is -0.137. The van der Waals surface area contributed by atoms with Gasteiger partial charge in [-0.25, -0.2) is 0 Å². The van der Waals surface area contributed by atoms with Crippen molar-refractivity contribution in [3.8, 4) is 17.2 Å². The predicted molar refractivity (Wildman–Crippen MR) is 113 cm³/mol. The summed E-state index contributed by atoms with van der Waals surface area (Å²) in [6.45, 7) is 3.64. The zero-order valence-corrected chi connectivity index (χ0v) is 17.2. The van der Waals surface area contributed by atoms with Crippen LogP contribution in [-0.4, -0.2) is 25.7 Å². The van der Waals surface area contributed by atoms with Crippen molar-refractivity contribution in [3.05, 3.63) is 89.1 Å². The largest absolute Gasteiger partial charge is 0.416 e. The smallest absolute Gasteiger partial charge is 0.290 e. The van der Waals surface area contributed by atoms with Gasteiger partial charge in [0.1, 0.15) is 5.69 Å². The van der Waals surface area contributed by atoms with Crippen LogP contribution in [0.3, 0.4) is 0 Å². The van der Waals surface area contributed by atoms with Gasteiger partial charge in [0.25, 0.3) is 5.91 Å². The first-order chi connectivity index (χ1) is 15.2. The summed E-state index contributed by atoms with van der Waals surface area (Å²) in [5.41, 5.74) is 2.06. The summed E-state index contributed by atoms with van der Waals surface area (Å²) in [6, 6.07) is 15.1. The number of pyridine rings is 1. The van der Waals surface area contributed by atoms with Crippen molar-refractivity contribution in [2.24, 2.45) is 0 Å². The summed E-state index contributed by atoms with van der Waals surface area (Å²) in [7, 11) is 0. The van der Waals surface area contributed by atoms with Gasteiger partial charge in [-0.3, -0.25) is 15.1 Å². The fourth-order valence-electron chi connectivity index (χ4n) is 3.18. The maximum absolute atomic E-state index is 13.0. The van der Waals surface area contributed by atoms with Crippen molar-refractivity contribution in [2.75, 3.05) is 5.32 Å². The van der Waals surface area contributed by atoms with E-state index in [0.717, 1.165) is 23.3 Å². The van der Waals surface area contributed by atoms with Crippen LogP contribution in [0.1, 0.15) is 27.0 Å². The summed E-state index contributed by atoms with van der Waals surface area (Å²) in [4.78, 5) is 21.6. The standard InChI is InChI=1S/C23H18F3N5O/c1-14-6-3-4-8-18(14)21(32)29-22-28-20(19-15(2)7-5-13-27-19)30-31(22)17-11-9-16(10-12-17)23(24,25)26/h3-13H,1-2H3,(H,28,29,30,32). The quantitative estimate of drug-likeness (QED) is 0.475. The Kier molecular flexibility index (Phi) is 5.48. The Hall–Kier alpha value is -4.01. The highest BCUT2D eigenvalue weighted by Crippen LogP contribution is 2.30. The molecule has 2 heterocycles. The van der Waals surface area contributed by atoms with Crippen molar-refractivity contribution < 1.29 is 18.0 Å². The molecule has 0 bridgehead atoms. The van der Waals surface area contributed by atoms with Gasteiger partial charge in [0.2, 0.25) is 11.8 Å². The third-order valence-corrected chi connectivity index (χ3v) is 4.88. The third-order valence-electron chi connectivity index (χ3n) is 4.88. The van der Waals surface area contributed by atoms with Gasteiger partial charge in [0.15, 0.2) is 0 Å². The number of aryl methyl sites for hydroxylation is 2. The molecule has 0 saturated heterocycles. The van der Waals surface area contributed by atoms with Gasteiger partial charge >= 0.3 is 6.18 Å². The molecule has 0 aliphatic rings. The molecule has 0 unspecified atom stereocenters. The van der Waals surface area contributed by atoms with Crippen LogP contribution in [0.2, 0.25) is 0 Å². The summed E-state index contributed by atoms with van der Waals surface area (Å²) >= 11 is 0. The maximum atomic E-state index is 13.0. The number of anilines is 1. The first-order valence-corrected chi connectivity index (χ1v) is 9.67. The van der Waals surface area contributed by atoms with Crippen molar-refractivity contribution in [1.82, 2.24) is 19.7 Å². The van der Waals surface area contributed by atoms with Crippen LogP contribution in [0.15, 0.2) is 66.9 Å². The number of nitrogens with zero attached hydrogens (tertiary/aromatic N) is 4. The van der Waals surface area contributed by atoms with E-state index in [4.69, 9.17) is 0 Å². The number of halogens is 3. The molecule has 9 heteroatoms. The topological polar surface area (TPSA) is 72.7 Å². The predicted octanol–water partition coefficient (Wildman–Crippen LogP) is 5.22. The van der Waals surface area contributed by atoms with Gasteiger partial charge in [0, 0.05) is 11.8 Å². The number of aromatic nitrogens is 4. The lowest BCUT2D eigenvalue weighted by Gasteiger charge is -2.10. The minimum atomic E-state index is -4.46. The van der Waals surface area contributed by atoms with Crippen LogP contribution in [0, 0.1) is 13.8 Å². The lowest BCUT2D eigenvalue weighted by atomic mass is 10.1. The molecule has 4 rings (SSSR count). The van der Waals surface area contributed by atoms with E-state index < -0.39 is 17.6 Å². The van der Waals surface area contributed by atoms with Crippen LogP contribution >= 0.6 is 0 Å². The third kappa shape index (κ3) is 4.22. The molecule has 1 N–H and O–H groups in total. The van der Waals surface area contributed by atoms with E-state index in [1.165, 1.54) is 16.8 Å². The van der Waals surface area contributed by atoms with Crippen LogP contribution in [0.4, 0.5) is 19.1 Å². The second-order valence-corrected chi connectivity index (χ2v) is 7.15. The van der Waals surface area contributed by atoms with Gasteiger partial charge < -0.3 is 0 Å². The van der Waals surface area contributed by atoms with Gasteiger partial charge in [-0.15, -0.1) is 5.10 Å². The number of rotatable bonds is 4. The summed E-state index contributed by atoms with van der Waals surface area (Å²) in [6.07, 6.45) is -2.87. The number of alkyl halides is 3. The van der Waals surface area contributed by atoms with Crippen molar-refractivity contribution in [3.63, 3.8) is 0 Å². The summed E-state index contributed by atoms with van der Waals surface area (Å²) in [5, 5.41) is 7.14. The molecule has 0 saturated carbocycles. The van der Waals surface area contributed by atoms with E-state index in [2.05, 4.69) is 20.4 Å². The van der Waals surface area contributed by atoms with Gasteiger partial charge in [0.05, 0.1) is 11.3 Å². The van der Waals surface area contributed by atoms with Crippen LogP contribution in [0.5, 0.6) is 0 Å². The Morgan fingerprint density at radius 1 is 0.938 bits per heavy atom. The Labute approximate surface area is 181 Å². The van der Waals surface area contributed by atoms with Gasteiger partial charge in [-0.1, -0.05) is 24.3 Å². The summed E-state index contributed by atoms with van der Waals surface area (Å²) < 4.78 is 40.2. The SMILES string of the molecule is Cc1ccccc1C(=O)Nc1nc(-c2ncccc2C)nn1-c1ccc(C(F)(F)F)cc1. The second kappa shape index (κ2) is 8.26.